The topological polar surface area (TPSA) is 142 Å². The molecule has 3 aromatic rings. The van der Waals surface area contributed by atoms with Crippen LogP contribution in [0.2, 0.25) is 0 Å². The number of carbonyl (C=O) groups is 4. The van der Waals surface area contributed by atoms with Crippen molar-refractivity contribution < 1.29 is 28.7 Å². The highest BCUT2D eigenvalue weighted by molar-refractivity contribution is 7.20. The lowest BCUT2D eigenvalue weighted by Crippen LogP contribution is -2.43. The van der Waals surface area contributed by atoms with Crippen molar-refractivity contribution in [3.8, 4) is 0 Å². The summed E-state index contributed by atoms with van der Waals surface area (Å²) in [5.74, 6) is -2.10. The van der Waals surface area contributed by atoms with E-state index in [1.807, 2.05) is 0 Å². The molecule has 2 amide bonds. The van der Waals surface area contributed by atoms with Crippen molar-refractivity contribution in [2.75, 3.05) is 12.3 Å². The van der Waals surface area contributed by atoms with Crippen LogP contribution in [0, 0.1) is 6.92 Å². The fraction of sp³-hybridized carbons (Fsp3) is 0.273. The number of nitrogens with zero attached hydrogens (tertiary/aromatic N) is 3. The predicted octanol–water partition coefficient (Wildman–Crippen LogP) is 2.49. The second-order valence-corrected chi connectivity index (χ2v) is 8.29. The molecule has 11 heteroatoms. The summed E-state index contributed by atoms with van der Waals surface area (Å²) in [4.78, 5) is 60.1. The Morgan fingerprint density at radius 1 is 1.12 bits per heavy atom. The predicted molar refractivity (Wildman–Crippen MR) is 119 cm³/mol. The number of nitrogen functional groups attached to an aromatic ring is 1. The van der Waals surface area contributed by atoms with E-state index in [1.165, 1.54) is 19.1 Å². The number of ether oxygens (including phenoxy) is 2. The number of imide groups is 1. The number of nitrogens with two attached hydrogens (primary N) is 1. The molecule has 0 saturated heterocycles. The molecule has 1 unspecified atom stereocenters. The quantitative estimate of drug-likeness (QED) is 0.426. The molecule has 0 bridgehead atoms. The number of amides is 2. The van der Waals surface area contributed by atoms with Gasteiger partial charge in [-0.25, -0.2) is 19.6 Å². The molecule has 33 heavy (non-hydrogen) atoms. The van der Waals surface area contributed by atoms with Gasteiger partial charge in [-0.1, -0.05) is 12.1 Å². The summed E-state index contributed by atoms with van der Waals surface area (Å²) < 4.78 is 10.3. The van der Waals surface area contributed by atoms with Crippen LogP contribution in [0.5, 0.6) is 0 Å². The molecular formula is C22H20N4O6S. The number of carbonyl (C=O) groups excluding carboxylic acids is 4. The molecule has 1 aromatic carbocycles. The number of hydrogen-bond donors (Lipinski definition) is 1. The smallest absolute Gasteiger partial charge is 0.348 e. The third-order valence-corrected chi connectivity index (χ3v) is 6.39. The second kappa shape index (κ2) is 8.58. The molecule has 1 aliphatic rings. The summed E-state index contributed by atoms with van der Waals surface area (Å²) in [6, 6.07) is 5.22. The Hall–Kier alpha value is -3.86. The summed E-state index contributed by atoms with van der Waals surface area (Å²) >= 11 is 1.11. The van der Waals surface area contributed by atoms with Gasteiger partial charge in [-0.05, 0) is 38.5 Å². The SMILES string of the molecule is CCOC(=O)c1sc2nc(COC(=O)C(C)N3C(=O)c4ccccc4C3=O)nc(N)c2c1C. The third kappa shape index (κ3) is 3.80. The molecule has 3 heterocycles. The average molecular weight is 468 g/mol. The first-order valence-electron chi connectivity index (χ1n) is 10.1. The number of fused-ring (bicyclic) bond motifs is 2. The normalized spacial score (nSPS) is 13.8. The lowest BCUT2D eigenvalue weighted by atomic mass is 10.1. The maximum Gasteiger partial charge on any atom is 0.348 e. The molecule has 2 N–H and O–H groups in total. The van der Waals surface area contributed by atoms with Gasteiger partial charge in [-0.15, -0.1) is 11.3 Å². The molecule has 0 fully saturated rings. The number of aromatic nitrogens is 2. The van der Waals surface area contributed by atoms with Crippen molar-refractivity contribution >= 4 is 51.1 Å². The highest BCUT2D eigenvalue weighted by atomic mass is 32.1. The zero-order valence-corrected chi connectivity index (χ0v) is 18.9. The van der Waals surface area contributed by atoms with Gasteiger partial charge in [-0.3, -0.25) is 14.5 Å². The van der Waals surface area contributed by atoms with E-state index in [0.717, 1.165) is 16.2 Å². The summed E-state index contributed by atoms with van der Waals surface area (Å²) in [5, 5.41) is 0.539. The maximum atomic E-state index is 12.6. The Morgan fingerprint density at radius 3 is 2.36 bits per heavy atom. The fourth-order valence-corrected chi connectivity index (χ4v) is 4.69. The minimum atomic E-state index is -1.14. The minimum Gasteiger partial charge on any atom is -0.462 e. The van der Waals surface area contributed by atoms with Crippen LogP contribution in [0.15, 0.2) is 24.3 Å². The van der Waals surface area contributed by atoms with E-state index in [4.69, 9.17) is 15.2 Å². The Bertz CT molecular complexity index is 1280. The Kier molecular flexibility index (Phi) is 5.81. The van der Waals surface area contributed by atoms with Gasteiger partial charge in [0.05, 0.1) is 23.1 Å². The van der Waals surface area contributed by atoms with E-state index >= 15 is 0 Å². The van der Waals surface area contributed by atoms with E-state index in [1.54, 1.807) is 26.0 Å². The van der Waals surface area contributed by atoms with E-state index in [9.17, 15) is 19.2 Å². The number of thiophene rings is 1. The molecule has 170 valence electrons. The van der Waals surface area contributed by atoms with Crippen molar-refractivity contribution in [3.63, 3.8) is 0 Å². The van der Waals surface area contributed by atoms with Gasteiger partial charge in [0.2, 0.25) is 0 Å². The zero-order valence-electron chi connectivity index (χ0n) is 18.1. The standard InChI is InChI=1S/C22H20N4O6S/c1-4-31-22(30)16-10(2)15-17(23)24-14(25-18(15)33-16)9-32-21(29)11(3)26-19(27)12-7-5-6-8-13(12)20(26)28/h5-8,11H,4,9H2,1-3H3,(H2,23,24,25). The van der Waals surface area contributed by atoms with Crippen LogP contribution < -0.4 is 5.73 Å². The molecule has 0 spiro atoms. The number of esters is 2. The van der Waals surface area contributed by atoms with E-state index < -0.39 is 29.8 Å². The molecule has 0 radical (unpaired) electrons. The van der Waals surface area contributed by atoms with Crippen LogP contribution >= 0.6 is 11.3 Å². The average Bonchev–Trinajstić information content (AvgIpc) is 3.26. The van der Waals surface area contributed by atoms with Crippen LogP contribution in [0.4, 0.5) is 5.82 Å². The molecule has 10 nitrogen and oxygen atoms in total. The van der Waals surface area contributed by atoms with Crippen molar-refractivity contribution in [2.24, 2.45) is 0 Å². The Morgan fingerprint density at radius 2 is 1.76 bits per heavy atom. The summed E-state index contributed by atoms with van der Waals surface area (Å²) in [7, 11) is 0. The number of hydrogen-bond acceptors (Lipinski definition) is 10. The molecule has 0 saturated carbocycles. The molecule has 1 atom stereocenters. The fourth-order valence-electron chi connectivity index (χ4n) is 3.59. The van der Waals surface area contributed by atoms with E-state index in [2.05, 4.69) is 9.97 Å². The van der Waals surface area contributed by atoms with Crippen LogP contribution in [0.3, 0.4) is 0 Å². The highest BCUT2D eigenvalue weighted by Crippen LogP contribution is 2.33. The Balaban J connectivity index is 1.50. The van der Waals surface area contributed by atoms with Crippen molar-refractivity contribution in [1.29, 1.82) is 0 Å². The highest BCUT2D eigenvalue weighted by Gasteiger charge is 2.41. The molecule has 1 aliphatic heterocycles. The third-order valence-electron chi connectivity index (χ3n) is 5.22. The van der Waals surface area contributed by atoms with Crippen molar-refractivity contribution in [3.05, 3.63) is 51.7 Å². The monoisotopic (exact) mass is 468 g/mol. The number of aryl methyl sites for hydroxylation is 1. The zero-order chi connectivity index (χ0) is 23.9. The van der Waals surface area contributed by atoms with Crippen molar-refractivity contribution in [1.82, 2.24) is 14.9 Å². The van der Waals surface area contributed by atoms with Gasteiger partial charge in [0.1, 0.15) is 21.6 Å². The van der Waals surface area contributed by atoms with Crippen LogP contribution in [-0.2, 0) is 20.9 Å². The first-order valence-corrected chi connectivity index (χ1v) is 10.9. The first kappa shape index (κ1) is 22.3. The lowest BCUT2D eigenvalue weighted by Gasteiger charge is -2.20. The molecular weight excluding hydrogens is 448 g/mol. The van der Waals surface area contributed by atoms with Crippen LogP contribution in [0.25, 0.3) is 10.2 Å². The van der Waals surface area contributed by atoms with Gasteiger partial charge >= 0.3 is 11.9 Å². The van der Waals surface area contributed by atoms with Crippen LogP contribution in [-0.4, -0.2) is 51.3 Å². The minimum absolute atomic E-state index is 0.125. The Labute approximate surface area is 192 Å². The van der Waals surface area contributed by atoms with Gasteiger partial charge < -0.3 is 15.2 Å². The van der Waals surface area contributed by atoms with Gasteiger partial charge in [-0.2, -0.15) is 0 Å². The van der Waals surface area contributed by atoms with Gasteiger partial charge in [0, 0.05) is 0 Å². The summed E-state index contributed by atoms with van der Waals surface area (Å²) in [6.45, 7) is 4.77. The maximum absolute atomic E-state index is 12.6. The second-order valence-electron chi connectivity index (χ2n) is 7.29. The van der Waals surface area contributed by atoms with Crippen LogP contribution in [0.1, 0.15) is 55.6 Å². The summed E-state index contributed by atoms with van der Waals surface area (Å²) in [5.41, 5.74) is 7.17. The summed E-state index contributed by atoms with van der Waals surface area (Å²) in [6.07, 6.45) is 0. The number of rotatable bonds is 6. The van der Waals surface area contributed by atoms with E-state index in [-0.39, 0.29) is 36.0 Å². The largest absolute Gasteiger partial charge is 0.462 e. The lowest BCUT2D eigenvalue weighted by molar-refractivity contribution is -0.149. The molecule has 2 aromatic heterocycles. The number of benzene rings is 1. The van der Waals surface area contributed by atoms with Gasteiger partial charge in [0.15, 0.2) is 12.4 Å². The van der Waals surface area contributed by atoms with Gasteiger partial charge in [0.25, 0.3) is 11.8 Å². The molecule has 0 aliphatic carbocycles. The first-order chi connectivity index (χ1) is 15.7. The van der Waals surface area contributed by atoms with E-state index in [0.29, 0.717) is 20.7 Å². The molecule has 4 rings (SSSR count). The number of anilines is 1. The van der Waals surface area contributed by atoms with Crippen molar-refractivity contribution in [2.45, 2.75) is 33.4 Å².